The van der Waals surface area contributed by atoms with E-state index < -0.39 is 16.1 Å². The number of sulfonamides is 1. The molecule has 40 heavy (non-hydrogen) atoms. The normalized spacial score (nSPS) is 12.3. The fourth-order valence-corrected chi connectivity index (χ4v) is 5.77. The molecule has 0 saturated carbocycles. The molecule has 3 rings (SSSR count). The zero-order chi connectivity index (χ0) is 29.6. The number of carbonyl (C=O) groups is 2. The van der Waals surface area contributed by atoms with Crippen molar-refractivity contribution in [3.63, 3.8) is 0 Å². The van der Waals surface area contributed by atoms with E-state index in [1.54, 1.807) is 57.1 Å². The third kappa shape index (κ3) is 7.10. The molecule has 2 amide bonds. The smallest absolute Gasteiger partial charge is 0.263 e. The molecule has 0 bridgehead atoms. The number of aromatic nitrogens is 1. The van der Waals surface area contributed by atoms with Crippen LogP contribution in [0.5, 0.6) is 0 Å². The van der Waals surface area contributed by atoms with Gasteiger partial charge < -0.3 is 14.3 Å². The second kappa shape index (κ2) is 13.1. The first kappa shape index (κ1) is 30.9. The van der Waals surface area contributed by atoms with Crippen LogP contribution >= 0.6 is 0 Å². The Balaban J connectivity index is 1.93. The summed E-state index contributed by atoms with van der Waals surface area (Å²) in [4.78, 5) is 29.7. The lowest BCUT2D eigenvalue weighted by atomic mass is 9.98. The maximum absolute atomic E-state index is 13.3. The van der Waals surface area contributed by atoms with Gasteiger partial charge in [0.25, 0.3) is 10.0 Å². The van der Waals surface area contributed by atoms with Crippen LogP contribution in [0.3, 0.4) is 0 Å². The molecular weight excluding hydrogens is 528 g/mol. The van der Waals surface area contributed by atoms with Gasteiger partial charge in [-0.05, 0) is 43.4 Å². The quantitative estimate of drug-likeness (QED) is 0.313. The van der Waals surface area contributed by atoms with Crippen molar-refractivity contribution in [1.29, 1.82) is 0 Å². The minimum absolute atomic E-state index is 0.0549. The molecule has 2 aromatic carbocycles. The number of nitrogens with zero attached hydrogens (tertiary/aromatic N) is 3. The molecule has 1 unspecified atom stereocenters. The number of likely N-dealkylation sites (N-methyl/N-ethyl adjacent to an activating group) is 1. The van der Waals surface area contributed by atoms with E-state index in [1.807, 2.05) is 45.0 Å². The minimum Gasteiger partial charge on any atom is -0.359 e. The highest BCUT2D eigenvalue weighted by atomic mass is 32.2. The summed E-state index contributed by atoms with van der Waals surface area (Å²) in [6, 6.07) is 13.6. The molecule has 0 saturated heterocycles. The van der Waals surface area contributed by atoms with Gasteiger partial charge in [-0.25, -0.2) is 8.42 Å². The lowest BCUT2D eigenvalue weighted by molar-refractivity contribution is -0.147. The highest BCUT2D eigenvalue weighted by molar-refractivity contribution is 7.92. The van der Waals surface area contributed by atoms with Crippen molar-refractivity contribution in [3.8, 4) is 11.1 Å². The fourth-order valence-electron chi connectivity index (χ4n) is 4.48. The number of amides is 2. The predicted octanol–water partition coefficient (Wildman–Crippen LogP) is 5.39. The van der Waals surface area contributed by atoms with Gasteiger partial charge in [0.1, 0.15) is 11.8 Å². The van der Waals surface area contributed by atoms with Crippen LogP contribution in [0.4, 0.5) is 5.82 Å². The van der Waals surface area contributed by atoms with Gasteiger partial charge in [-0.15, -0.1) is 0 Å². The zero-order valence-electron chi connectivity index (χ0n) is 24.4. The first-order valence-corrected chi connectivity index (χ1v) is 15.0. The second-order valence-electron chi connectivity index (χ2n) is 10.6. The summed E-state index contributed by atoms with van der Waals surface area (Å²) < 4.78 is 34.3. The van der Waals surface area contributed by atoms with Gasteiger partial charge in [-0.2, -0.15) is 0 Å². The van der Waals surface area contributed by atoms with Gasteiger partial charge in [0, 0.05) is 38.2 Å². The van der Waals surface area contributed by atoms with Crippen LogP contribution in [0.15, 0.2) is 57.9 Å². The fraction of sp³-hybridized carbons (Fsp3) is 0.433. The highest BCUT2D eigenvalue weighted by Gasteiger charge is 2.33. The number of benzene rings is 2. The molecule has 1 atom stereocenters. The monoisotopic (exact) mass is 568 g/mol. The van der Waals surface area contributed by atoms with Crippen LogP contribution in [0.1, 0.15) is 56.9 Å². The number of anilines is 1. The van der Waals surface area contributed by atoms with E-state index in [4.69, 9.17) is 4.52 Å². The molecule has 0 radical (unpaired) electrons. The molecule has 1 N–H and O–H groups in total. The van der Waals surface area contributed by atoms with E-state index in [2.05, 4.69) is 9.88 Å². The summed E-state index contributed by atoms with van der Waals surface area (Å²) in [6.07, 6.45) is 2.01. The van der Waals surface area contributed by atoms with Crippen molar-refractivity contribution in [1.82, 2.24) is 15.0 Å². The van der Waals surface area contributed by atoms with E-state index >= 15 is 0 Å². The molecule has 3 aromatic rings. The van der Waals surface area contributed by atoms with Crippen LogP contribution in [0.25, 0.3) is 11.1 Å². The highest BCUT2D eigenvalue weighted by Crippen LogP contribution is 2.30. The van der Waals surface area contributed by atoms with Crippen LogP contribution < -0.4 is 4.72 Å². The number of aryl methyl sites for hydroxylation is 1. The van der Waals surface area contributed by atoms with Gasteiger partial charge in [0.15, 0.2) is 5.82 Å². The molecule has 1 aromatic heterocycles. The zero-order valence-corrected chi connectivity index (χ0v) is 25.2. The SMILES string of the molecule is CCCCC(=O)N(Cc1ccc(-c2ccccc2S(=O)(=O)Nc2noc(C)c2C)cc1)C(C(=O)N(C)C)C(C)C. The standard InChI is InChI=1S/C30H40N4O5S/c1-8-9-14-27(35)34(28(20(2)3)30(36)33(6)7)19-23-15-17-24(18-16-23)25-12-10-11-13-26(25)40(37,38)32-29-21(4)22(5)39-31-29/h10-13,15-18,20,28H,8-9,14,19H2,1-7H3,(H,31,32). The average Bonchev–Trinajstić information content (AvgIpc) is 3.23. The van der Waals surface area contributed by atoms with Crippen LogP contribution in [0, 0.1) is 19.8 Å². The van der Waals surface area contributed by atoms with E-state index in [-0.39, 0.29) is 35.0 Å². The molecule has 9 nitrogen and oxygen atoms in total. The largest absolute Gasteiger partial charge is 0.359 e. The average molecular weight is 569 g/mol. The Morgan fingerprint density at radius 1 is 1.02 bits per heavy atom. The lowest BCUT2D eigenvalue weighted by Crippen LogP contribution is -2.51. The number of rotatable bonds is 12. The minimum atomic E-state index is -3.96. The summed E-state index contributed by atoms with van der Waals surface area (Å²) in [5, 5.41) is 3.83. The summed E-state index contributed by atoms with van der Waals surface area (Å²) in [5.74, 6) is 0.459. The van der Waals surface area contributed by atoms with Crippen LogP contribution in [-0.4, -0.2) is 55.3 Å². The summed E-state index contributed by atoms with van der Waals surface area (Å²) in [6.45, 7) is 9.65. The van der Waals surface area contributed by atoms with E-state index in [0.717, 1.165) is 18.4 Å². The second-order valence-corrected chi connectivity index (χ2v) is 12.2. The van der Waals surface area contributed by atoms with Crippen LogP contribution in [0.2, 0.25) is 0 Å². The number of hydrogen-bond donors (Lipinski definition) is 1. The Hall–Kier alpha value is -3.66. The third-order valence-corrected chi connectivity index (χ3v) is 8.31. The Morgan fingerprint density at radius 2 is 1.68 bits per heavy atom. The van der Waals surface area contributed by atoms with E-state index in [0.29, 0.717) is 28.9 Å². The third-order valence-electron chi connectivity index (χ3n) is 6.91. The van der Waals surface area contributed by atoms with Gasteiger partial charge in [0.2, 0.25) is 11.8 Å². The number of hydrogen-bond acceptors (Lipinski definition) is 6. The van der Waals surface area contributed by atoms with Gasteiger partial charge >= 0.3 is 0 Å². The molecule has 216 valence electrons. The predicted molar refractivity (Wildman–Crippen MR) is 156 cm³/mol. The molecular formula is C30H40N4O5S. The van der Waals surface area contributed by atoms with Crippen molar-refractivity contribution in [2.45, 2.75) is 71.4 Å². The van der Waals surface area contributed by atoms with Crippen molar-refractivity contribution < 1.29 is 22.5 Å². The van der Waals surface area contributed by atoms with Crippen molar-refractivity contribution in [2.75, 3.05) is 18.8 Å². The molecule has 1 heterocycles. The van der Waals surface area contributed by atoms with E-state index in [1.165, 1.54) is 4.90 Å². The van der Waals surface area contributed by atoms with Crippen molar-refractivity contribution >= 4 is 27.7 Å². The van der Waals surface area contributed by atoms with Crippen molar-refractivity contribution in [2.24, 2.45) is 5.92 Å². The Labute approximate surface area is 237 Å². The number of nitrogens with one attached hydrogen (secondary N) is 1. The first-order chi connectivity index (χ1) is 18.9. The Kier molecular flexibility index (Phi) is 10.1. The topological polar surface area (TPSA) is 113 Å². The molecule has 0 aliphatic rings. The van der Waals surface area contributed by atoms with Gasteiger partial charge in [0.05, 0.1) is 4.90 Å². The Morgan fingerprint density at radius 3 is 2.23 bits per heavy atom. The summed E-state index contributed by atoms with van der Waals surface area (Å²) in [7, 11) is -0.554. The summed E-state index contributed by atoms with van der Waals surface area (Å²) >= 11 is 0. The molecule has 0 fully saturated rings. The maximum atomic E-state index is 13.3. The van der Waals surface area contributed by atoms with E-state index in [9.17, 15) is 18.0 Å². The van der Waals surface area contributed by atoms with Gasteiger partial charge in [-0.3, -0.25) is 14.3 Å². The first-order valence-electron chi connectivity index (χ1n) is 13.5. The molecule has 0 aliphatic heterocycles. The summed E-state index contributed by atoms with van der Waals surface area (Å²) in [5.41, 5.74) is 2.69. The Bertz CT molecular complexity index is 1430. The maximum Gasteiger partial charge on any atom is 0.263 e. The number of carbonyl (C=O) groups excluding carboxylic acids is 2. The van der Waals surface area contributed by atoms with Gasteiger partial charge in [-0.1, -0.05) is 74.8 Å². The molecule has 10 heteroatoms. The van der Waals surface area contributed by atoms with Crippen LogP contribution in [-0.2, 0) is 26.2 Å². The number of unbranched alkanes of at least 4 members (excludes halogenated alkanes) is 1. The molecule has 0 aliphatic carbocycles. The lowest BCUT2D eigenvalue weighted by Gasteiger charge is -2.35. The van der Waals surface area contributed by atoms with Crippen molar-refractivity contribution in [3.05, 3.63) is 65.4 Å². The molecule has 0 spiro atoms.